The molecule has 2 bridgehead atoms. The van der Waals surface area contributed by atoms with Gasteiger partial charge in [0.05, 0.1) is 18.1 Å². The molecule has 0 aliphatic carbocycles. The summed E-state index contributed by atoms with van der Waals surface area (Å²) in [6, 6.07) is 8.24. The van der Waals surface area contributed by atoms with Crippen molar-refractivity contribution in [2.24, 2.45) is 5.84 Å². The van der Waals surface area contributed by atoms with Crippen LogP contribution >= 0.6 is 0 Å². The van der Waals surface area contributed by atoms with E-state index in [0.29, 0.717) is 12.2 Å². The number of carbonyl (C=O) groups excluding carboxylic acids is 1. The number of hydrogen-bond acceptors (Lipinski definition) is 4. The van der Waals surface area contributed by atoms with E-state index >= 15 is 0 Å². The quantitative estimate of drug-likeness (QED) is 0.495. The van der Waals surface area contributed by atoms with Gasteiger partial charge in [0.25, 0.3) is 0 Å². The van der Waals surface area contributed by atoms with Gasteiger partial charge in [-0.3, -0.25) is 15.1 Å². The first-order valence-electron chi connectivity index (χ1n) is 7.63. The Balaban J connectivity index is 1.61. The fourth-order valence-electron chi connectivity index (χ4n) is 3.27. The third kappa shape index (κ3) is 3.26. The summed E-state index contributed by atoms with van der Waals surface area (Å²) >= 11 is 0. The van der Waals surface area contributed by atoms with Gasteiger partial charge in [-0.1, -0.05) is 24.3 Å². The largest absolute Gasteiger partial charge is 0.372 e. The van der Waals surface area contributed by atoms with Crippen molar-refractivity contribution in [3.05, 3.63) is 35.4 Å². The molecule has 3 N–H and O–H groups in total. The molecule has 2 fully saturated rings. The molecule has 2 saturated heterocycles. The number of hydrazine groups is 1. The molecule has 0 saturated carbocycles. The van der Waals surface area contributed by atoms with Gasteiger partial charge < -0.3 is 4.74 Å². The molecule has 2 heterocycles. The van der Waals surface area contributed by atoms with E-state index in [1.165, 1.54) is 18.4 Å². The first-order chi connectivity index (χ1) is 10.2. The van der Waals surface area contributed by atoms with Crippen molar-refractivity contribution in [3.8, 4) is 0 Å². The third-order valence-electron chi connectivity index (χ3n) is 4.54. The van der Waals surface area contributed by atoms with Crippen LogP contribution in [-0.4, -0.2) is 36.1 Å². The molecule has 3 unspecified atom stereocenters. The van der Waals surface area contributed by atoms with Gasteiger partial charge >= 0.3 is 0 Å². The summed E-state index contributed by atoms with van der Waals surface area (Å²) in [6.45, 7) is 4.87. The van der Waals surface area contributed by atoms with Gasteiger partial charge in [0.15, 0.2) is 0 Å². The van der Waals surface area contributed by atoms with Crippen molar-refractivity contribution in [3.63, 3.8) is 0 Å². The Hall–Kier alpha value is -1.43. The standard InChI is InChI=1S/C16H23N3O2/c1-11(16(20)18-17)13-4-2-12(3-5-13)8-19-9-14-6-7-15(10-19)21-14/h2-5,11,14-15H,6-10,17H2,1H3,(H,18,20). The second kappa shape index (κ2) is 6.13. The van der Waals surface area contributed by atoms with Crippen LogP contribution in [0.1, 0.15) is 36.8 Å². The molecule has 5 nitrogen and oxygen atoms in total. The van der Waals surface area contributed by atoms with Gasteiger partial charge in [-0.15, -0.1) is 0 Å². The SMILES string of the molecule is CC(C(=O)NN)c1ccc(CN2CC3CCC(C2)O3)cc1. The molecular weight excluding hydrogens is 266 g/mol. The van der Waals surface area contributed by atoms with E-state index in [0.717, 1.165) is 25.2 Å². The van der Waals surface area contributed by atoms with Crippen molar-refractivity contribution in [2.75, 3.05) is 13.1 Å². The second-order valence-corrected chi connectivity index (χ2v) is 6.12. The Morgan fingerprint density at radius 3 is 2.52 bits per heavy atom. The maximum absolute atomic E-state index is 11.5. The highest BCUT2D eigenvalue weighted by molar-refractivity contribution is 5.82. The van der Waals surface area contributed by atoms with Crippen molar-refractivity contribution >= 4 is 5.91 Å². The predicted octanol–water partition coefficient (Wildman–Crippen LogP) is 1.14. The van der Waals surface area contributed by atoms with Crippen LogP contribution in [0.15, 0.2) is 24.3 Å². The predicted molar refractivity (Wildman–Crippen MR) is 80.4 cm³/mol. The Bertz CT molecular complexity index is 491. The topological polar surface area (TPSA) is 67.6 Å². The average Bonchev–Trinajstić information content (AvgIpc) is 2.85. The van der Waals surface area contributed by atoms with Gasteiger partial charge in [0.1, 0.15) is 0 Å². The van der Waals surface area contributed by atoms with E-state index in [1.54, 1.807) is 0 Å². The number of fused-ring (bicyclic) bond motifs is 2. The van der Waals surface area contributed by atoms with Crippen LogP contribution in [0.3, 0.4) is 0 Å². The molecule has 0 radical (unpaired) electrons. The lowest BCUT2D eigenvalue weighted by Crippen LogP contribution is -2.41. The van der Waals surface area contributed by atoms with Crippen LogP contribution < -0.4 is 11.3 Å². The molecule has 0 spiro atoms. The molecule has 1 aromatic rings. The maximum Gasteiger partial charge on any atom is 0.241 e. The smallest absolute Gasteiger partial charge is 0.241 e. The van der Waals surface area contributed by atoms with Crippen molar-refractivity contribution in [1.82, 2.24) is 10.3 Å². The van der Waals surface area contributed by atoms with Crippen LogP contribution in [0.2, 0.25) is 0 Å². The lowest BCUT2D eigenvalue weighted by molar-refractivity contribution is -0.122. The minimum Gasteiger partial charge on any atom is -0.372 e. The highest BCUT2D eigenvalue weighted by Crippen LogP contribution is 2.27. The number of benzene rings is 1. The highest BCUT2D eigenvalue weighted by atomic mass is 16.5. The Morgan fingerprint density at radius 1 is 1.33 bits per heavy atom. The van der Waals surface area contributed by atoms with Crippen LogP contribution in [-0.2, 0) is 16.1 Å². The number of nitrogens with zero attached hydrogens (tertiary/aromatic N) is 1. The number of ether oxygens (including phenoxy) is 1. The molecule has 21 heavy (non-hydrogen) atoms. The maximum atomic E-state index is 11.5. The van der Waals surface area contributed by atoms with Gasteiger partial charge in [0.2, 0.25) is 5.91 Å². The van der Waals surface area contributed by atoms with Gasteiger partial charge in [-0.05, 0) is 30.9 Å². The van der Waals surface area contributed by atoms with Crippen LogP contribution in [0, 0.1) is 0 Å². The van der Waals surface area contributed by atoms with E-state index in [1.807, 2.05) is 19.1 Å². The van der Waals surface area contributed by atoms with Gasteiger partial charge in [-0.2, -0.15) is 0 Å². The molecule has 1 aromatic carbocycles. The minimum atomic E-state index is -0.219. The lowest BCUT2D eigenvalue weighted by atomic mass is 9.99. The van der Waals surface area contributed by atoms with Crippen LogP contribution in [0.4, 0.5) is 0 Å². The highest BCUT2D eigenvalue weighted by Gasteiger charge is 2.33. The zero-order chi connectivity index (χ0) is 14.8. The van der Waals surface area contributed by atoms with E-state index < -0.39 is 0 Å². The normalized spacial score (nSPS) is 26.6. The fourth-order valence-corrected chi connectivity index (χ4v) is 3.27. The number of nitrogens with two attached hydrogens (primary N) is 1. The summed E-state index contributed by atoms with van der Waals surface area (Å²) in [5.41, 5.74) is 4.47. The zero-order valence-corrected chi connectivity index (χ0v) is 12.4. The number of amides is 1. The molecule has 1 amide bonds. The monoisotopic (exact) mass is 289 g/mol. The summed E-state index contributed by atoms with van der Waals surface area (Å²) in [6.07, 6.45) is 3.25. The second-order valence-electron chi connectivity index (χ2n) is 6.12. The number of nitrogens with one attached hydrogen (secondary N) is 1. The van der Waals surface area contributed by atoms with Crippen molar-refractivity contribution < 1.29 is 9.53 Å². The number of carbonyl (C=O) groups is 1. The first-order valence-corrected chi connectivity index (χ1v) is 7.63. The molecule has 5 heteroatoms. The van der Waals surface area contributed by atoms with E-state index in [2.05, 4.69) is 22.5 Å². The molecule has 2 aliphatic rings. The Labute approximate surface area is 125 Å². The average molecular weight is 289 g/mol. The summed E-state index contributed by atoms with van der Waals surface area (Å²) in [7, 11) is 0. The molecule has 2 aliphatic heterocycles. The Kier molecular flexibility index (Phi) is 4.24. The van der Waals surface area contributed by atoms with Gasteiger partial charge in [-0.25, -0.2) is 5.84 Å². The summed E-state index contributed by atoms with van der Waals surface area (Å²) in [5, 5.41) is 0. The van der Waals surface area contributed by atoms with Crippen molar-refractivity contribution in [1.29, 1.82) is 0 Å². The molecule has 3 atom stereocenters. The van der Waals surface area contributed by atoms with Crippen LogP contribution in [0.25, 0.3) is 0 Å². The van der Waals surface area contributed by atoms with E-state index in [-0.39, 0.29) is 11.8 Å². The summed E-state index contributed by atoms with van der Waals surface area (Å²) < 4.78 is 5.86. The van der Waals surface area contributed by atoms with Gasteiger partial charge in [0, 0.05) is 19.6 Å². The number of morpholine rings is 1. The lowest BCUT2D eigenvalue weighted by Gasteiger charge is -2.32. The summed E-state index contributed by atoms with van der Waals surface area (Å²) in [5.74, 6) is 4.80. The molecule has 0 aromatic heterocycles. The minimum absolute atomic E-state index is 0.160. The molecule has 3 rings (SSSR count). The number of likely N-dealkylation sites (tertiary alicyclic amines) is 1. The molecule has 114 valence electrons. The zero-order valence-electron chi connectivity index (χ0n) is 12.4. The Morgan fingerprint density at radius 2 is 1.95 bits per heavy atom. The number of hydrogen-bond donors (Lipinski definition) is 2. The summed E-state index contributed by atoms with van der Waals surface area (Å²) in [4.78, 5) is 14.0. The third-order valence-corrected chi connectivity index (χ3v) is 4.54. The first kappa shape index (κ1) is 14.5. The van der Waals surface area contributed by atoms with Crippen molar-refractivity contribution in [2.45, 2.75) is 44.4 Å². The van der Waals surface area contributed by atoms with E-state index in [9.17, 15) is 4.79 Å². The van der Waals surface area contributed by atoms with Crippen LogP contribution in [0.5, 0.6) is 0 Å². The molecular formula is C16H23N3O2. The van der Waals surface area contributed by atoms with E-state index in [4.69, 9.17) is 10.6 Å². The number of rotatable bonds is 4. The fraction of sp³-hybridized carbons (Fsp3) is 0.562.